The molecule has 0 spiro atoms. The fourth-order valence-corrected chi connectivity index (χ4v) is 2.92. The van der Waals surface area contributed by atoms with E-state index in [1.54, 1.807) is 6.92 Å². The summed E-state index contributed by atoms with van der Waals surface area (Å²) in [6, 6.07) is 5.42. The third kappa shape index (κ3) is 4.96. The maximum Gasteiger partial charge on any atom is 0.422 e. The Bertz CT molecular complexity index is 854. The second kappa shape index (κ2) is 7.73. The molecule has 1 unspecified atom stereocenters. The van der Waals surface area contributed by atoms with E-state index in [1.165, 1.54) is 12.1 Å². The molecular weight excluding hydrogens is 383 g/mol. The van der Waals surface area contributed by atoms with Gasteiger partial charge in [0.1, 0.15) is 17.4 Å². The van der Waals surface area contributed by atoms with Gasteiger partial charge in [-0.15, -0.1) is 0 Å². The first kappa shape index (κ1) is 20.0. The summed E-state index contributed by atoms with van der Waals surface area (Å²) in [7, 11) is 0. The van der Waals surface area contributed by atoms with Crippen LogP contribution < -0.4 is 10.1 Å². The summed E-state index contributed by atoms with van der Waals surface area (Å²) in [6.07, 6.45) is -2.88. The quantitative estimate of drug-likeness (QED) is 0.737. The molecule has 4 nitrogen and oxygen atoms in total. The van der Waals surface area contributed by atoms with Gasteiger partial charge in [-0.3, -0.25) is 9.78 Å². The maximum absolute atomic E-state index is 13.8. The first-order valence-electron chi connectivity index (χ1n) is 8.55. The molecule has 1 aliphatic carbocycles. The molecule has 1 aliphatic rings. The van der Waals surface area contributed by atoms with Crippen LogP contribution in [-0.4, -0.2) is 23.7 Å². The van der Waals surface area contributed by atoms with E-state index in [0.717, 1.165) is 24.4 Å². The Labute approximate surface area is 157 Å². The molecule has 1 saturated carbocycles. The van der Waals surface area contributed by atoms with Crippen LogP contribution in [0.2, 0.25) is 0 Å². The molecule has 1 amide bonds. The topological polar surface area (TPSA) is 51.2 Å². The summed E-state index contributed by atoms with van der Waals surface area (Å²) in [4.78, 5) is 16.3. The molecule has 0 bridgehead atoms. The van der Waals surface area contributed by atoms with E-state index in [9.17, 15) is 26.7 Å². The molecule has 1 aromatic carbocycles. The standard InChI is InChI=1S/C19H17F5N2O2/c1-10(17-5-3-12(8-25-17)28-9-19(22,23)24)26-18(27)15-7-13(15)14-6-11(20)2-4-16(14)21/h2-6,8,10,13,15H,7,9H2,1H3,(H,26,27)/t10?,13-,15+/m1/s1. The van der Waals surface area contributed by atoms with Crippen molar-refractivity contribution in [3.63, 3.8) is 0 Å². The van der Waals surface area contributed by atoms with E-state index in [1.807, 2.05) is 0 Å². The lowest BCUT2D eigenvalue weighted by Crippen LogP contribution is -2.29. The highest BCUT2D eigenvalue weighted by Crippen LogP contribution is 2.48. The number of halogens is 5. The van der Waals surface area contributed by atoms with Gasteiger partial charge in [0.15, 0.2) is 6.61 Å². The van der Waals surface area contributed by atoms with Gasteiger partial charge in [0.25, 0.3) is 0 Å². The average molecular weight is 400 g/mol. The molecule has 0 radical (unpaired) electrons. The predicted octanol–water partition coefficient (Wildman–Crippen LogP) is 4.28. The molecule has 9 heteroatoms. The van der Waals surface area contributed by atoms with E-state index >= 15 is 0 Å². The van der Waals surface area contributed by atoms with E-state index < -0.39 is 36.4 Å². The van der Waals surface area contributed by atoms with E-state index in [-0.39, 0.29) is 23.1 Å². The molecule has 1 fully saturated rings. The molecule has 1 N–H and O–H groups in total. The summed E-state index contributed by atoms with van der Waals surface area (Å²) in [5, 5.41) is 2.73. The smallest absolute Gasteiger partial charge is 0.422 e. The van der Waals surface area contributed by atoms with Crippen molar-refractivity contribution in [2.24, 2.45) is 5.92 Å². The van der Waals surface area contributed by atoms with E-state index in [2.05, 4.69) is 15.0 Å². The summed E-state index contributed by atoms with van der Waals surface area (Å²) >= 11 is 0. The van der Waals surface area contributed by atoms with Crippen LogP contribution in [0, 0.1) is 17.6 Å². The Hall–Kier alpha value is -2.71. The summed E-state index contributed by atoms with van der Waals surface area (Å²) < 4.78 is 68.1. The average Bonchev–Trinajstić information content (AvgIpc) is 3.42. The number of rotatable bonds is 6. The number of ether oxygens (including phenoxy) is 1. The van der Waals surface area contributed by atoms with Gasteiger partial charge in [0, 0.05) is 5.92 Å². The molecule has 3 atom stereocenters. The zero-order valence-electron chi connectivity index (χ0n) is 14.8. The van der Waals surface area contributed by atoms with Crippen LogP contribution >= 0.6 is 0 Å². The number of nitrogens with one attached hydrogen (secondary N) is 1. The second-order valence-corrected chi connectivity index (χ2v) is 6.67. The van der Waals surface area contributed by atoms with Crippen LogP contribution in [0.25, 0.3) is 0 Å². The van der Waals surface area contributed by atoms with Gasteiger partial charge < -0.3 is 10.1 Å². The van der Waals surface area contributed by atoms with Crippen LogP contribution in [0.5, 0.6) is 5.75 Å². The molecule has 1 aromatic heterocycles. The van der Waals surface area contributed by atoms with Crippen molar-refractivity contribution < 1.29 is 31.5 Å². The number of alkyl halides is 3. The normalized spacial score (nSPS) is 19.8. The van der Waals surface area contributed by atoms with Crippen LogP contribution in [-0.2, 0) is 4.79 Å². The minimum Gasteiger partial charge on any atom is -0.483 e. The zero-order valence-corrected chi connectivity index (χ0v) is 14.8. The molecule has 3 rings (SSSR count). The number of carbonyl (C=O) groups is 1. The minimum atomic E-state index is -4.44. The predicted molar refractivity (Wildman–Crippen MR) is 89.6 cm³/mol. The Morgan fingerprint density at radius 2 is 2.04 bits per heavy atom. The van der Waals surface area contributed by atoms with Gasteiger partial charge in [-0.1, -0.05) is 0 Å². The zero-order chi connectivity index (χ0) is 20.5. The van der Waals surface area contributed by atoms with E-state index in [0.29, 0.717) is 12.1 Å². The molecule has 0 saturated heterocycles. The Morgan fingerprint density at radius 1 is 1.29 bits per heavy atom. The van der Waals surface area contributed by atoms with Crippen LogP contribution in [0.4, 0.5) is 22.0 Å². The number of nitrogens with zero attached hydrogens (tertiary/aromatic N) is 1. The minimum absolute atomic E-state index is 0.0385. The van der Waals surface area contributed by atoms with Crippen LogP contribution in [0.15, 0.2) is 36.5 Å². The summed E-state index contributed by atoms with van der Waals surface area (Å²) in [6.45, 7) is 0.247. The first-order chi connectivity index (χ1) is 13.1. The fourth-order valence-electron chi connectivity index (χ4n) is 2.92. The SMILES string of the molecule is CC(NC(=O)[C@H]1C[C@@H]1c1cc(F)ccc1F)c1ccc(OCC(F)(F)F)cn1. The molecular formula is C19H17F5N2O2. The van der Waals surface area contributed by atoms with Gasteiger partial charge in [0.05, 0.1) is 17.9 Å². The molecule has 1 heterocycles. The van der Waals surface area contributed by atoms with Crippen molar-refractivity contribution in [1.29, 1.82) is 0 Å². The Kier molecular flexibility index (Phi) is 5.53. The van der Waals surface area contributed by atoms with Crippen molar-refractivity contribution in [1.82, 2.24) is 10.3 Å². The molecule has 2 aromatic rings. The Balaban J connectivity index is 1.55. The number of hydrogen-bond acceptors (Lipinski definition) is 3. The van der Waals surface area contributed by atoms with Gasteiger partial charge in [-0.2, -0.15) is 13.2 Å². The Morgan fingerprint density at radius 3 is 2.68 bits per heavy atom. The third-order valence-electron chi connectivity index (χ3n) is 4.45. The fraction of sp³-hybridized carbons (Fsp3) is 0.368. The van der Waals surface area contributed by atoms with E-state index in [4.69, 9.17) is 0 Å². The highest BCUT2D eigenvalue weighted by Gasteiger charge is 2.45. The van der Waals surface area contributed by atoms with Crippen molar-refractivity contribution in [3.8, 4) is 5.75 Å². The molecule has 0 aliphatic heterocycles. The van der Waals surface area contributed by atoms with Crippen molar-refractivity contribution in [2.45, 2.75) is 31.5 Å². The summed E-state index contributed by atoms with van der Waals surface area (Å²) in [5.74, 6) is -2.32. The van der Waals surface area contributed by atoms with Gasteiger partial charge in [0.2, 0.25) is 5.91 Å². The number of benzene rings is 1. The summed E-state index contributed by atoms with van der Waals surface area (Å²) in [5.41, 5.74) is 0.610. The lowest BCUT2D eigenvalue weighted by atomic mass is 10.1. The maximum atomic E-state index is 13.8. The first-order valence-corrected chi connectivity index (χ1v) is 8.55. The third-order valence-corrected chi connectivity index (χ3v) is 4.45. The highest BCUT2D eigenvalue weighted by atomic mass is 19.4. The molecule has 150 valence electrons. The van der Waals surface area contributed by atoms with Gasteiger partial charge in [-0.05, 0) is 55.2 Å². The molecule has 28 heavy (non-hydrogen) atoms. The van der Waals surface area contributed by atoms with Crippen LogP contribution in [0.1, 0.15) is 36.6 Å². The number of hydrogen-bond donors (Lipinski definition) is 1. The highest BCUT2D eigenvalue weighted by molar-refractivity contribution is 5.83. The number of aromatic nitrogens is 1. The van der Waals surface area contributed by atoms with Crippen molar-refractivity contribution >= 4 is 5.91 Å². The van der Waals surface area contributed by atoms with Crippen LogP contribution in [0.3, 0.4) is 0 Å². The monoisotopic (exact) mass is 400 g/mol. The van der Waals surface area contributed by atoms with Crippen molar-refractivity contribution in [3.05, 3.63) is 59.4 Å². The number of amides is 1. The number of pyridine rings is 1. The lowest BCUT2D eigenvalue weighted by molar-refractivity contribution is -0.153. The van der Waals surface area contributed by atoms with Gasteiger partial charge in [-0.25, -0.2) is 8.78 Å². The number of carbonyl (C=O) groups excluding carboxylic acids is 1. The largest absolute Gasteiger partial charge is 0.483 e. The van der Waals surface area contributed by atoms with Crippen molar-refractivity contribution in [2.75, 3.05) is 6.61 Å². The van der Waals surface area contributed by atoms with Gasteiger partial charge >= 0.3 is 6.18 Å². The lowest BCUT2D eigenvalue weighted by Gasteiger charge is -2.14. The second-order valence-electron chi connectivity index (χ2n) is 6.67.